The van der Waals surface area contributed by atoms with Gasteiger partial charge in [0.15, 0.2) is 0 Å². The Labute approximate surface area is 162 Å². The second-order valence-electron chi connectivity index (χ2n) is 9.05. The molecule has 27 heavy (non-hydrogen) atoms. The van der Waals surface area contributed by atoms with Gasteiger partial charge < -0.3 is 9.80 Å². The first-order chi connectivity index (χ1) is 13.0. The molecule has 0 aromatic heterocycles. The summed E-state index contributed by atoms with van der Waals surface area (Å²) in [6, 6.07) is 8.41. The van der Waals surface area contributed by atoms with Crippen LogP contribution in [0, 0.1) is 18.8 Å². The predicted molar refractivity (Wildman–Crippen MR) is 106 cm³/mol. The molecule has 146 valence electrons. The summed E-state index contributed by atoms with van der Waals surface area (Å²) in [5.41, 5.74) is 2.10. The fourth-order valence-corrected chi connectivity index (χ4v) is 4.97. The third kappa shape index (κ3) is 3.63. The largest absolute Gasteiger partial charge is 0.342 e. The number of amides is 2. The second-order valence-corrected chi connectivity index (χ2v) is 9.05. The minimum atomic E-state index is -0.287. The average Bonchev–Trinajstić information content (AvgIpc) is 3.49. The van der Waals surface area contributed by atoms with E-state index in [1.807, 2.05) is 4.90 Å². The van der Waals surface area contributed by atoms with Crippen molar-refractivity contribution in [2.45, 2.75) is 57.8 Å². The van der Waals surface area contributed by atoms with Crippen LogP contribution >= 0.6 is 0 Å². The van der Waals surface area contributed by atoms with Crippen molar-refractivity contribution < 1.29 is 9.59 Å². The maximum atomic E-state index is 13.2. The highest BCUT2D eigenvalue weighted by atomic mass is 16.2. The Kier molecular flexibility index (Phi) is 5.00. The lowest BCUT2D eigenvalue weighted by molar-refractivity contribution is -0.143. The standard InChI is InChI=1S/C23H32N2O2/c1-17-5-3-7-20(15-17)23(10-11-23)22(27)24-13-8-19(9-14-24)21(26)25-12-4-6-18(2)16-25/h3,5,7,15,18-19H,4,6,8-14,16H2,1-2H3/t18-/m1/s1. The van der Waals surface area contributed by atoms with E-state index in [0.717, 1.165) is 58.3 Å². The number of rotatable bonds is 3. The van der Waals surface area contributed by atoms with Gasteiger partial charge in [-0.15, -0.1) is 0 Å². The summed E-state index contributed by atoms with van der Waals surface area (Å²) in [5, 5.41) is 0. The molecular formula is C23H32N2O2. The van der Waals surface area contributed by atoms with Crippen LogP contribution in [-0.2, 0) is 15.0 Å². The summed E-state index contributed by atoms with van der Waals surface area (Å²) in [5.74, 6) is 1.33. The second kappa shape index (κ2) is 7.29. The predicted octanol–water partition coefficient (Wildman–Crippen LogP) is 3.52. The maximum absolute atomic E-state index is 13.2. The zero-order valence-electron chi connectivity index (χ0n) is 16.7. The molecule has 1 saturated carbocycles. The normalized spacial score (nSPS) is 25.3. The third-order valence-corrected chi connectivity index (χ3v) is 6.83. The molecule has 0 radical (unpaired) electrons. The number of aryl methyl sites for hydroxylation is 1. The molecule has 1 aromatic rings. The number of likely N-dealkylation sites (tertiary alicyclic amines) is 2. The summed E-state index contributed by atoms with van der Waals surface area (Å²) in [4.78, 5) is 30.2. The molecule has 2 aliphatic heterocycles. The van der Waals surface area contributed by atoms with E-state index < -0.39 is 0 Å². The maximum Gasteiger partial charge on any atom is 0.233 e. The van der Waals surface area contributed by atoms with Crippen LogP contribution in [0.25, 0.3) is 0 Å². The Hall–Kier alpha value is -1.84. The molecule has 0 spiro atoms. The number of nitrogens with zero attached hydrogens (tertiary/aromatic N) is 2. The topological polar surface area (TPSA) is 40.6 Å². The minimum absolute atomic E-state index is 0.105. The van der Waals surface area contributed by atoms with Crippen molar-refractivity contribution in [1.82, 2.24) is 9.80 Å². The van der Waals surface area contributed by atoms with E-state index in [-0.39, 0.29) is 17.2 Å². The number of hydrogen-bond acceptors (Lipinski definition) is 2. The van der Waals surface area contributed by atoms with Crippen LogP contribution in [-0.4, -0.2) is 47.8 Å². The van der Waals surface area contributed by atoms with Gasteiger partial charge in [0.1, 0.15) is 0 Å². The summed E-state index contributed by atoms with van der Waals surface area (Å²) in [7, 11) is 0. The summed E-state index contributed by atoms with van der Waals surface area (Å²) >= 11 is 0. The average molecular weight is 369 g/mol. The van der Waals surface area contributed by atoms with E-state index in [4.69, 9.17) is 0 Å². The zero-order valence-corrected chi connectivity index (χ0v) is 16.7. The highest BCUT2D eigenvalue weighted by molar-refractivity contribution is 5.91. The molecule has 2 amide bonds. The molecule has 1 atom stereocenters. The molecule has 1 aliphatic carbocycles. The first-order valence-corrected chi connectivity index (χ1v) is 10.6. The lowest BCUT2D eigenvalue weighted by atomic mass is 9.89. The molecule has 4 nitrogen and oxygen atoms in total. The molecule has 4 heteroatoms. The summed E-state index contributed by atoms with van der Waals surface area (Å²) in [6.07, 6.45) is 5.92. The van der Waals surface area contributed by atoms with Gasteiger partial charge in [0.05, 0.1) is 5.41 Å². The van der Waals surface area contributed by atoms with Crippen molar-refractivity contribution in [2.75, 3.05) is 26.2 Å². The molecule has 2 saturated heterocycles. The van der Waals surface area contributed by atoms with Crippen LogP contribution in [0.5, 0.6) is 0 Å². The number of piperidine rings is 2. The molecular weight excluding hydrogens is 336 g/mol. The molecule has 1 aromatic carbocycles. The number of benzene rings is 1. The van der Waals surface area contributed by atoms with Crippen molar-refractivity contribution in [2.24, 2.45) is 11.8 Å². The first kappa shape index (κ1) is 18.5. The summed E-state index contributed by atoms with van der Waals surface area (Å²) in [6.45, 7) is 7.61. The van der Waals surface area contributed by atoms with Gasteiger partial charge in [0, 0.05) is 32.1 Å². The molecule has 3 aliphatic rings. The van der Waals surface area contributed by atoms with Crippen molar-refractivity contribution in [1.29, 1.82) is 0 Å². The van der Waals surface area contributed by atoms with Crippen LogP contribution in [0.3, 0.4) is 0 Å². The van der Waals surface area contributed by atoms with Crippen molar-refractivity contribution in [3.05, 3.63) is 35.4 Å². The molecule has 0 unspecified atom stereocenters. The van der Waals surface area contributed by atoms with Gasteiger partial charge >= 0.3 is 0 Å². The van der Waals surface area contributed by atoms with Crippen LogP contribution in [0.2, 0.25) is 0 Å². The molecule has 0 bridgehead atoms. The van der Waals surface area contributed by atoms with E-state index in [0.29, 0.717) is 11.8 Å². The molecule has 2 heterocycles. The van der Waals surface area contributed by atoms with Crippen molar-refractivity contribution in [3.63, 3.8) is 0 Å². The number of carbonyl (C=O) groups is 2. The Morgan fingerprint density at radius 1 is 1.04 bits per heavy atom. The quantitative estimate of drug-likeness (QED) is 0.819. The van der Waals surface area contributed by atoms with E-state index in [2.05, 4.69) is 43.0 Å². The highest BCUT2D eigenvalue weighted by Gasteiger charge is 2.53. The fraction of sp³-hybridized carbons (Fsp3) is 0.652. The molecule has 3 fully saturated rings. The van der Waals surface area contributed by atoms with Gasteiger partial charge in [-0.1, -0.05) is 36.8 Å². The van der Waals surface area contributed by atoms with Crippen molar-refractivity contribution >= 4 is 11.8 Å². The van der Waals surface area contributed by atoms with Gasteiger partial charge in [-0.3, -0.25) is 9.59 Å². The van der Waals surface area contributed by atoms with Crippen LogP contribution in [0.1, 0.15) is 56.6 Å². The third-order valence-electron chi connectivity index (χ3n) is 6.83. The van der Waals surface area contributed by atoms with Gasteiger partial charge in [-0.25, -0.2) is 0 Å². The van der Waals surface area contributed by atoms with Crippen LogP contribution < -0.4 is 0 Å². The van der Waals surface area contributed by atoms with Gasteiger partial charge in [-0.2, -0.15) is 0 Å². The minimum Gasteiger partial charge on any atom is -0.342 e. The van der Waals surface area contributed by atoms with E-state index in [1.165, 1.54) is 17.5 Å². The number of hydrogen-bond donors (Lipinski definition) is 0. The Balaban J connectivity index is 1.36. The van der Waals surface area contributed by atoms with Crippen molar-refractivity contribution in [3.8, 4) is 0 Å². The SMILES string of the molecule is Cc1cccc(C2(C(=O)N3CCC(C(=O)N4CCC[C@@H](C)C4)CC3)CC2)c1. The lowest BCUT2D eigenvalue weighted by Crippen LogP contribution is -2.48. The summed E-state index contributed by atoms with van der Waals surface area (Å²) < 4.78 is 0. The molecule has 4 rings (SSSR count). The van der Waals surface area contributed by atoms with Gasteiger partial charge in [0.2, 0.25) is 11.8 Å². The van der Waals surface area contributed by atoms with E-state index in [9.17, 15) is 9.59 Å². The zero-order chi connectivity index (χ0) is 19.0. The first-order valence-electron chi connectivity index (χ1n) is 10.6. The smallest absolute Gasteiger partial charge is 0.233 e. The highest BCUT2D eigenvalue weighted by Crippen LogP contribution is 2.50. The Morgan fingerprint density at radius 3 is 2.41 bits per heavy atom. The monoisotopic (exact) mass is 368 g/mol. The lowest BCUT2D eigenvalue weighted by Gasteiger charge is -2.38. The molecule has 0 N–H and O–H groups in total. The fourth-order valence-electron chi connectivity index (χ4n) is 4.97. The number of carbonyl (C=O) groups excluding carboxylic acids is 2. The van der Waals surface area contributed by atoms with Gasteiger partial charge in [0.25, 0.3) is 0 Å². The van der Waals surface area contributed by atoms with E-state index >= 15 is 0 Å². The van der Waals surface area contributed by atoms with E-state index in [1.54, 1.807) is 0 Å². The van der Waals surface area contributed by atoms with Gasteiger partial charge in [-0.05, 0) is 56.9 Å². The Bertz CT molecular complexity index is 717. The van der Waals surface area contributed by atoms with Crippen LogP contribution in [0.15, 0.2) is 24.3 Å². The van der Waals surface area contributed by atoms with Crippen LogP contribution in [0.4, 0.5) is 0 Å². The Morgan fingerprint density at radius 2 is 1.78 bits per heavy atom.